The Kier molecular flexibility index (Phi) is 5.09. The van der Waals surface area contributed by atoms with Gasteiger partial charge in [0.2, 0.25) is 11.8 Å². The van der Waals surface area contributed by atoms with Crippen LogP contribution in [0.25, 0.3) is 0 Å². The third-order valence-electron chi connectivity index (χ3n) is 2.91. The molecule has 0 radical (unpaired) electrons. The first kappa shape index (κ1) is 16.4. The smallest absolute Gasteiger partial charge is 0.327 e. The Labute approximate surface area is 116 Å². The van der Waals surface area contributed by atoms with Crippen molar-refractivity contribution in [3.8, 4) is 0 Å². The molecule has 2 unspecified atom stereocenters. The average Bonchev–Trinajstić information content (AvgIpc) is 3.09. The first-order valence-electron chi connectivity index (χ1n) is 6.15. The molecule has 1 aliphatic carbocycles. The zero-order chi connectivity index (χ0) is 15.5. The van der Waals surface area contributed by atoms with Crippen molar-refractivity contribution in [1.29, 1.82) is 0 Å². The van der Waals surface area contributed by atoms with Crippen LogP contribution in [0.4, 0.5) is 0 Å². The van der Waals surface area contributed by atoms with Crippen molar-refractivity contribution in [2.24, 2.45) is 0 Å². The van der Waals surface area contributed by atoms with E-state index >= 15 is 0 Å². The van der Waals surface area contributed by atoms with Crippen molar-refractivity contribution in [3.63, 3.8) is 0 Å². The Balaban J connectivity index is 2.71. The second-order valence-corrected chi connectivity index (χ2v) is 7.21. The van der Waals surface area contributed by atoms with E-state index in [0.29, 0.717) is 0 Å². The average molecular weight is 306 g/mol. The van der Waals surface area contributed by atoms with Crippen LogP contribution in [-0.2, 0) is 24.2 Å². The number of carboxylic acid groups (broad SMARTS) is 1. The van der Waals surface area contributed by atoms with Gasteiger partial charge in [0.15, 0.2) is 9.84 Å². The number of hydrogen-bond donors (Lipinski definition) is 3. The van der Waals surface area contributed by atoms with E-state index < -0.39 is 44.7 Å². The van der Waals surface area contributed by atoms with E-state index in [1.54, 1.807) is 0 Å². The molecule has 1 rings (SSSR count). The predicted octanol–water partition coefficient (Wildman–Crippen LogP) is -1.34. The summed E-state index contributed by atoms with van der Waals surface area (Å²) >= 11 is 0. The molecule has 0 spiro atoms. The minimum absolute atomic E-state index is 0.0192. The molecule has 114 valence electrons. The topological polar surface area (TPSA) is 130 Å². The molecule has 0 aromatic rings. The van der Waals surface area contributed by atoms with E-state index in [0.717, 1.165) is 19.8 Å². The zero-order valence-electron chi connectivity index (χ0n) is 11.3. The third kappa shape index (κ3) is 4.80. The summed E-state index contributed by atoms with van der Waals surface area (Å²) in [6, 6.07) is -1.54. The van der Waals surface area contributed by atoms with E-state index in [1.165, 1.54) is 6.92 Å². The second kappa shape index (κ2) is 6.21. The molecule has 3 N–H and O–H groups in total. The fraction of sp³-hybridized carbons (Fsp3) is 0.727. The Morgan fingerprint density at radius 3 is 2.25 bits per heavy atom. The summed E-state index contributed by atoms with van der Waals surface area (Å²) in [5.41, 5.74) is 0. The number of carbonyl (C=O) groups excluding carboxylic acids is 2. The van der Waals surface area contributed by atoms with Gasteiger partial charge in [0, 0.05) is 13.0 Å². The number of hydrogen-bond acceptors (Lipinski definition) is 5. The molecule has 2 atom stereocenters. The van der Waals surface area contributed by atoms with Crippen LogP contribution in [0.1, 0.15) is 26.7 Å². The lowest BCUT2D eigenvalue weighted by Gasteiger charge is -2.17. The lowest BCUT2D eigenvalue weighted by Crippen LogP contribution is -2.48. The van der Waals surface area contributed by atoms with Gasteiger partial charge in [-0.2, -0.15) is 0 Å². The monoisotopic (exact) mass is 306 g/mol. The highest BCUT2D eigenvalue weighted by molar-refractivity contribution is 7.92. The van der Waals surface area contributed by atoms with Crippen molar-refractivity contribution in [2.75, 3.05) is 5.75 Å². The quantitative estimate of drug-likeness (QED) is 0.533. The van der Waals surface area contributed by atoms with E-state index in [2.05, 4.69) is 5.32 Å². The van der Waals surface area contributed by atoms with Crippen molar-refractivity contribution >= 4 is 27.6 Å². The molecule has 0 aliphatic heterocycles. The SMILES string of the molecule is CC(=O)NC(CS(=O)(=O)C(C)C(=O)NC1CC1)C(=O)O. The van der Waals surface area contributed by atoms with Gasteiger partial charge in [-0.05, 0) is 19.8 Å². The maximum atomic E-state index is 12.0. The predicted molar refractivity (Wildman–Crippen MR) is 69.7 cm³/mol. The van der Waals surface area contributed by atoms with Crippen LogP contribution in [0.15, 0.2) is 0 Å². The van der Waals surface area contributed by atoms with Gasteiger partial charge in [-0.15, -0.1) is 0 Å². The van der Waals surface area contributed by atoms with Crippen LogP contribution in [-0.4, -0.2) is 54.4 Å². The lowest BCUT2D eigenvalue weighted by atomic mass is 10.3. The van der Waals surface area contributed by atoms with E-state index in [4.69, 9.17) is 5.11 Å². The summed E-state index contributed by atoms with van der Waals surface area (Å²) in [7, 11) is -3.97. The van der Waals surface area contributed by atoms with Crippen molar-refractivity contribution in [3.05, 3.63) is 0 Å². The zero-order valence-corrected chi connectivity index (χ0v) is 12.1. The van der Waals surface area contributed by atoms with Crippen molar-refractivity contribution < 1.29 is 27.9 Å². The van der Waals surface area contributed by atoms with E-state index in [-0.39, 0.29) is 6.04 Å². The Morgan fingerprint density at radius 2 is 1.85 bits per heavy atom. The van der Waals surface area contributed by atoms with Crippen LogP contribution >= 0.6 is 0 Å². The van der Waals surface area contributed by atoms with Crippen LogP contribution in [0.5, 0.6) is 0 Å². The Hall–Kier alpha value is -1.64. The fourth-order valence-electron chi connectivity index (χ4n) is 1.51. The third-order valence-corrected chi connectivity index (χ3v) is 5.00. The van der Waals surface area contributed by atoms with Gasteiger partial charge in [0.05, 0.1) is 5.75 Å². The van der Waals surface area contributed by atoms with Crippen molar-refractivity contribution in [2.45, 2.75) is 44.0 Å². The molecule has 20 heavy (non-hydrogen) atoms. The number of rotatable bonds is 7. The maximum absolute atomic E-state index is 12.0. The summed E-state index contributed by atoms with van der Waals surface area (Å²) in [5.74, 6) is -3.57. The number of amides is 2. The highest BCUT2D eigenvalue weighted by Crippen LogP contribution is 2.19. The molecule has 8 nitrogen and oxygen atoms in total. The van der Waals surface area contributed by atoms with Gasteiger partial charge in [-0.25, -0.2) is 13.2 Å². The molecule has 0 bridgehead atoms. The molecule has 1 fully saturated rings. The largest absolute Gasteiger partial charge is 0.480 e. The normalized spacial score (nSPS) is 17.9. The standard InChI is InChI=1S/C11H18N2O6S/c1-6(10(15)13-8-3-4-8)20(18,19)5-9(11(16)17)12-7(2)14/h6,8-9H,3-5H2,1-2H3,(H,12,14)(H,13,15)(H,16,17). The maximum Gasteiger partial charge on any atom is 0.327 e. The second-order valence-electron chi connectivity index (χ2n) is 4.85. The molecule has 0 heterocycles. The van der Waals surface area contributed by atoms with Crippen LogP contribution in [0.2, 0.25) is 0 Å². The van der Waals surface area contributed by atoms with Gasteiger partial charge in [0.25, 0.3) is 0 Å². The first-order valence-corrected chi connectivity index (χ1v) is 7.87. The van der Waals surface area contributed by atoms with E-state index in [1.807, 2.05) is 5.32 Å². The highest BCUT2D eigenvalue weighted by Gasteiger charge is 2.35. The number of carboxylic acids is 1. The fourth-order valence-corrected chi connectivity index (χ4v) is 2.88. The number of nitrogens with one attached hydrogen (secondary N) is 2. The Bertz CT molecular complexity index is 511. The van der Waals surface area contributed by atoms with Gasteiger partial charge < -0.3 is 15.7 Å². The van der Waals surface area contributed by atoms with Crippen molar-refractivity contribution in [1.82, 2.24) is 10.6 Å². The minimum Gasteiger partial charge on any atom is -0.480 e. The molecule has 1 aliphatic rings. The molecule has 9 heteroatoms. The highest BCUT2D eigenvalue weighted by atomic mass is 32.2. The van der Waals surface area contributed by atoms with E-state index in [9.17, 15) is 22.8 Å². The molecule has 0 aromatic heterocycles. The summed E-state index contributed by atoms with van der Waals surface area (Å²) < 4.78 is 24.0. The molecule has 1 saturated carbocycles. The summed E-state index contributed by atoms with van der Waals surface area (Å²) in [6.07, 6.45) is 1.64. The van der Waals surface area contributed by atoms with Crippen LogP contribution < -0.4 is 10.6 Å². The summed E-state index contributed by atoms with van der Waals surface area (Å²) in [6.45, 7) is 2.30. The Morgan fingerprint density at radius 1 is 1.30 bits per heavy atom. The molecular formula is C11H18N2O6S. The minimum atomic E-state index is -3.97. The lowest BCUT2D eigenvalue weighted by molar-refractivity contribution is -0.140. The molecule has 0 aromatic carbocycles. The number of aliphatic carboxylic acids is 1. The molecule has 0 saturated heterocycles. The van der Waals surface area contributed by atoms with Gasteiger partial charge >= 0.3 is 5.97 Å². The van der Waals surface area contributed by atoms with Gasteiger partial charge in [-0.3, -0.25) is 9.59 Å². The number of sulfone groups is 1. The molecular weight excluding hydrogens is 288 g/mol. The van der Waals surface area contributed by atoms with Crippen LogP contribution in [0, 0.1) is 0 Å². The van der Waals surface area contributed by atoms with Gasteiger partial charge in [-0.1, -0.05) is 0 Å². The van der Waals surface area contributed by atoms with Gasteiger partial charge in [0.1, 0.15) is 11.3 Å². The first-order chi connectivity index (χ1) is 9.13. The summed E-state index contributed by atoms with van der Waals surface area (Å²) in [4.78, 5) is 33.5. The number of carbonyl (C=O) groups is 3. The summed E-state index contributed by atoms with van der Waals surface area (Å²) in [5, 5.41) is 12.1. The molecule has 2 amide bonds. The van der Waals surface area contributed by atoms with Crippen LogP contribution in [0.3, 0.4) is 0 Å².